The number of hydrogen-bond donors (Lipinski definition) is 2. The minimum Gasteiger partial charge on any atom is -0.325 e. The fourth-order valence-corrected chi connectivity index (χ4v) is 3.16. The van der Waals surface area contributed by atoms with Crippen molar-refractivity contribution in [2.75, 3.05) is 11.1 Å². The van der Waals surface area contributed by atoms with E-state index in [-0.39, 0.29) is 22.6 Å². The van der Waals surface area contributed by atoms with E-state index in [9.17, 15) is 9.59 Å². The minimum atomic E-state index is -0.461. The van der Waals surface area contributed by atoms with Gasteiger partial charge in [0.1, 0.15) is 11.6 Å². The summed E-state index contributed by atoms with van der Waals surface area (Å²) in [5, 5.41) is 12.3. The molecule has 1 heterocycles. The van der Waals surface area contributed by atoms with Crippen LogP contribution in [0, 0.1) is 11.3 Å². The molecule has 0 saturated heterocycles. The second kappa shape index (κ2) is 8.87. The molecule has 0 saturated carbocycles. The summed E-state index contributed by atoms with van der Waals surface area (Å²) in [5.41, 5.74) is 2.03. The summed E-state index contributed by atoms with van der Waals surface area (Å²) >= 11 is 1.14. The molecule has 2 N–H and O–H groups in total. The highest BCUT2D eigenvalue weighted by Crippen LogP contribution is 2.23. The van der Waals surface area contributed by atoms with Crippen LogP contribution in [0.15, 0.2) is 34.2 Å². The second-order valence-electron chi connectivity index (χ2n) is 7.22. The molecular weight excluding hydrogens is 360 g/mol. The molecule has 2 aromatic rings. The molecule has 0 unspecified atom stereocenters. The normalized spacial score (nSPS) is 11.1. The third-order valence-corrected chi connectivity index (χ3v) is 4.82. The van der Waals surface area contributed by atoms with Gasteiger partial charge in [-0.25, -0.2) is 4.98 Å². The van der Waals surface area contributed by atoms with Crippen LogP contribution in [0.1, 0.15) is 50.9 Å². The minimum absolute atomic E-state index is 0.0459. The van der Waals surface area contributed by atoms with E-state index in [1.807, 2.05) is 37.3 Å². The van der Waals surface area contributed by atoms with Crippen molar-refractivity contribution in [1.82, 2.24) is 9.97 Å². The van der Waals surface area contributed by atoms with Gasteiger partial charge in [0, 0.05) is 5.69 Å². The van der Waals surface area contributed by atoms with Crippen molar-refractivity contribution in [2.24, 2.45) is 0 Å². The van der Waals surface area contributed by atoms with Crippen LogP contribution in [-0.4, -0.2) is 21.6 Å². The van der Waals surface area contributed by atoms with E-state index >= 15 is 0 Å². The first-order valence-corrected chi connectivity index (χ1v) is 9.79. The number of thioether (sulfide) groups is 1. The van der Waals surface area contributed by atoms with Crippen LogP contribution in [0.25, 0.3) is 0 Å². The number of carbonyl (C=O) groups excluding carboxylic acids is 1. The Bertz CT molecular complexity index is 906. The monoisotopic (exact) mass is 384 g/mol. The molecule has 0 aliphatic heterocycles. The standard InChI is InChI=1S/C20H24N4O2S/c1-5-6-16-15(11-21)18(26)24-19(23-16)27-12-17(25)22-14-9-7-13(8-10-14)20(2,3)4/h7-10H,5-6,12H2,1-4H3,(H,22,25)(H,23,24,26). The molecule has 0 aliphatic rings. The highest BCUT2D eigenvalue weighted by molar-refractivity contribution is 7.99. The lowest BCUT2D eigenvalue weighted by Gasteiger charge is -2.19. The molecule has 0 bridgehead atoms. The van der Waals surface area contributed by atoms with Crippen LogP contribution >= 0.6 is 11.8 Å². The number of nitrogens with one attached hydrogen (secondary N) is 2. The van der Waals surface area contributed by atoms with Crippen LogP contribution in [0.2, 0.25) is 0 Å². The zero-order valence-corrected chi connectivity index (χ0v) is 16.9. The Morgan fingerprint density at radius 2 is 1.96 bits per heavy atom. The van der Waals surface area contributed by atoms with E-state index in [0.717, 1.165) is 23.9 Å². The summed E-state index contributed by atoms with van der Waals surface area (Å²) in [5.74, 6) is -0.0749. The predicted molar refractivity (Wildman–Crippen MR) is 108 cm³/mol. The highest BCUT2D eigenvalue weighted by atomic mass is 32.2. The fourth-order valence-electron chi connectivity index (χ4n) is 2.48. The Morgan fingerprint density at radius 3 is 2.52 bits per heavy atom. The predicted octanol–water partition coefficient (Wildman–Crippen LogP) is 3.62. The first kappa shape index (κ1) is 20.7. The molecule has 1 aromatic carbocycles. The van der Waals surface area contributed by atoms with Crippen LogP contribution in [0.4, 0.5) is 5.69 Å². The average molecular weight is 385 g/mol. The summed E-state index contributed by atoms with van der Waals surface area (Å²) in [6.45, 7) is 8.36. The van der Waals surface area contributed by atoms with Crippen LogP contribution < -0.4 is 10.9 Å². The van der Waals surface area contributed by atoms with Gasteiger partial charge in [0.15, 0.2) is 5.16 Å². The van der Waals surface area contributed by atoms with Gasteiger partial charge in [0.25, 0.3) is 5.56 Å². The number of aryl methyl sites for hydroxylation is 1. The van der Waals surface area contributed by atoms with Crippen molar-refractivity contribution in [3.8, 4) is 6.07 Å². The summed E-state index contributed by atoms with van der Waals surface area (Å²) in [6, 6.07) is 9.65. The third kappa shape index (κ3) is 5.69. The van der Waals surface area contributed by atoms with E-state index in [1.165, 1.54) is 5.56 Å². The van der Waals surface area contributed by atoms with E-state index in [2.05, 4.69) is 36.1 Å². The zero-order chi connectivity index (χ0) is 20.0. The molecular formula is C20H24N4O2S. The molecule has 1 amide bonds. The third-order valence-electron chi connectivity index (χ3n) is 3.95. The molecule has 0 fully saturated rings. The Kier molecular flexibility index (Phi) is 6.81. The van der Waals surface area contributed by atoms with Gasteiger partial charge >= 0.3 is 0 Å². The molecule has 142 valence electrons. The van der Waals surface area contributed by atoms with E-state index < -0.39 is 5.56 Å². The van der Waals surface area contributed by atoms with Gasteiger partial charge in [-0.05, 0) is 29.5 Å². The SMILES string of the molecule is CCCc1nc(SCC(=O)Nc2ccc(C(C)(C)C)cc2)[nH]c(=O)c1C#N. The van der Waals surface area contributed by atoms with Crippen molar-refractivity contribution >= 4 is 23.4 Å². The van der Waals surface area contributed by atoms with Crippen LogP contribution in [0.3, 0.4) is 0 Å². The topological polar surface area (TPSA) is 98.6 Å². The van der Waals surface area contributed by atoms with Gasteiger partial charge < -0.3 is 10.3 Å². The Hall–Kier alpha value is -2.59. The van der Waals surface area contributed by atoms with E-state index in [4.69, 9.17) is 5.26 Å². The number of anilines is 1. The second-order valence-corrected chi connectivity index (χ2v) is 8.18. The Morgan fingerprint density at radius 1 is 1.30 bits per heavy atom. The van der Waals surface area contributed by atoms with E-state index in [1.54, 1.807) is 0 Å². The lowest BCUT2D eigenvalue weighted by Crippen LogP contribution is -2.18. The van der Waals surface area contributed by atoms with Crippen molar-refractivity contribution in [3.05, 3.63) is 51.4 Å². The quantitative estimate of drug-likeness (QED) is 0.585. The number of nitriles is 1. The number of H-pyrrole nitrogens is 1. The van der Waals surface area contributed by atoms with Gasteiger partial charge in [-0.1, -0.05) is 58.0 Å². The smallest absolute Gasteiger partial charge is 0.269 e. The molecule has 27 heavy (non-hydrogen) atoms. The number of aromatic amines is 1. The number of carbonyl (C=O) groups is 1. The van der Waals surface area contributed by atoms with Crippen LogP contribution in [-0.2, 0) is 16.6 Å². The number of hydrogen-bond acceptors (Lipinski definition) is 5. The summed E-state index contributed by atoms with van der Waals surface area (Å²) in [4.78, 5) is 31.0. The summed E-state index contributed by atoms with van der Waals surface area (Å²) in [7, 11) is 0. The molecule has 1 aromatic heterocycles. The maximum Gasteiger partial charge on any atom is 0.269 e. The molecule has 0 radical (unpaired) electrons. The van der Waals surface area contributed by atoms with Crippen LogP contribution in [0.5, 0.6) is 0 Å². The largest absolute Gasteiger partial charge is 0.325 e. The van der Waals surface area contributed by atoms with Crippen molar-refractivity contribution in [3.63, 3.8) is 0 Å². The lowest BCUT2D eigenvalue weighted by atomic mass is 9.87. The van der Waals surface area contributed by atoms with E-state index in [0.29, 0.717) is 17.3 Å². The van der Waals surface area contributed by atoms with Crippen molar-refractivity contribution in [1.29, 1.82) is 5.26 Å². The average Bonchev–Trinajstić information content (AvgIpc) is 2.60. The lowest BCUT2D eigenvalue weighted by molar-refractivity contribution is -0.113. The molecule has 6 nitrogen and oxygen atoms in total. The number of benzene rings is 1. The van der Waals surface area contributed by atoms with Gasteiger partial charge in [-0.2, -0.15) is 5.26 Å². The maximum atomic E-state index is 12.2. The molecule has 0 spiro atoms. The van der Waals surface area contributed by atoms with Crippen molar-refractivity contribution in [2.45, 2.75) is 51.1 Å². The summed E-state index contributed by atoms with van der Waals surface area (Å²) < 4.78 is 0. The van der Waals surface area contributed by atoms with Gasteiger partial charge in [0.05, 0.1) is 11.4 Å². The Labute approximate surface area is 163 Å². The first-order valence-electron chi connectivity index (χ1n) is 8.81. The molecule has 7 heteroatoms. The van der Waals surface area contributed by atoms with Crippen molar-refractivity contribution < 1.29 is 4.79 Å². The zero-order valence-electron chi connectivity index (χ0n) is 16.0. The Balaban J connectivity index is 2.01. The molecule has 2 rings (SSSR count). The maximum absolute atomic E-state index is 12.2. The first-order chi connectivity index (χ1) is 12.7. The number of rotatable bonds is 6. The highest BCUT2D eigenvalue weighted by Gasteiger charge is 2.14. The van der Waals surface area contributed by atoms with Gasteiger partial charge in [-0.3, -0.25) is 9.59 Å². The van der Waals surface area contributed by atoms with Gasteiger partial charge in [-0.15, -0.1) is 0 Å². The molecule has 0 atom stereocenters. The number of amides is 1. The fraction of sp³-hybridized carbons (Fsp3) is 0.400. The van der Waals surface area contributed by atoms with Gasteiger partial charge in [0.2, 0.25) is 5.91 Å². The molecule has 0 aliphatic carbocycles. The summed E-state index contributed by atoms with van der Waals surface area (Å²) in [6.07, 6.45) is 1.33. The number of aromatic nitrogens is 2. The number of nitrogens with zero attached hydrogens (tertiary/aromatic N) is 2.